The Hall–Kier alpha value is -3.49. The van der Waals surface area contributed by atoms with Gasteiger partial charge in [0.05, 0.1) is 52.4 Å². The number of hydrogen-bond acceptors (Lipinski definition) is 7. The van der Waals surface area contributed by atoms with E-state index in [9.17, 15) is 5.26 Å². The molecule has 0 radical (unpaired) electrons. The Kier molecular flexibility index (Phi) is 6.74. The van der Waals surface area contributed by atoms with Crippen molar-refractivity contribution in [3.63, 3.8) is 0 Å². The number of nitrogens with one attached hydrogen (secondary N) is 2. The van der Waals surface area contributed by atoms with Gasteiger partial charge >= 0.3 is 0 Å². The number of piperidine rings is 1. The predicted molar refractivity (Wildman–Crippen MR) is 165 cm³/mol. The minimum absolute atomic E-state index is 0.0497. The molecule has 216 valence electrons. The Bertz CT molecular complexity index is 1900. The van der Waals surface area contributed by atoms with Gasteiger partial charge < -0.3 is 15.1 Å². The van der Waals surface area contributed by atoms with Crippen LogP contribution >= 0.6 is 23.2 Å². The molecule has 42 heavy (non-hydrogen) atoms. The van der Waals surface area contributed by atoms with Crippen molar-refractivity contribution in [1.29, 1.82) is 5.26 Å². The highest BCUT2D eigenvalue weighted by molar-refractivity contribution is 6.36. The van der Waals surface area contributed by atoms with Crippen LogP contribution in [0.15, 0.2) is 24.5 Å². The monoisotopic (exact) mass is 605 g/mol. The van der Waals surface area contributed by atoms with Gasteiger partial charge in [-0.15, -0.1) is 0 Å². The van der Waals surface area contributed by atoms with Crippen LogP contribution in [0.3, 0.4) is 0 Å². The van der Waals surface area contributed by atoms with Crippen molar-refractivity contribution in [3.05, 3.63) is 46.0 Å². The van der Waals surface area contributed by atoms with Gasteiger partial charge in [0.2, 0.25) is 0 Å². The van der Waals surface area contributed by atoms with Gasteiger partial charge in [0, 0.05) is 52.1 Å². The maximum Gasteiger partial charge on any atom is 0.158 e. The lowest BCUT2D eigenvalue weighted by molar-refractivity contribution is 0.246. The number of H-pyrrole nitrogens is 1. The molecule has 5 aromatic rings. The number of hydrogen-bond donors (Lipinski definition) is 2. The molecule has 0 bridgehead atoms. The number of aromatic amines is 1. The van der Waals surface area contributed by atoms with Crippen LogP contribution in [0.2, 0.25) is 10.0 Å². The van der Waals surface area contributed by atoms with Gasteiger partial charge in [0.15, 0.2) is 5.82 Å². The van der Waals surface area contributed by atoms with E-state index in [0.717, 1.165) is 48.8 Å². The van der Waals surface area contributed by atoms with Crippen molar-refractivity contribution in [2.75, 3.05) is 38.6 Å². The first-order valence-corrected chi connectivity index (χ1v) is 14.9. The molecule has 2 aliphatic heterocycles. The van der Waals surface area contributed by atoms with Crippen LogP contribution in [0.1, 0.15) is 30.9 Å². The molecule has 2 aliphatic rings. The molecular weight excluding hydrogens is 576 g/mol. The topological polar surface area (TPSA) is 102 Å². The van der Waals surface area contributed by atoms with Crippen LogP contribution in [0, 0.1) is 24.1 Å². The maximum atomic E-state index is 17.0. The summed E-state index contributed by atoms with van der Waals surface area (Å²) >= 11 is 13.5. The smallest absolute Gasteiger partial charge is 0.158 e. The highest BCUT2D eigenvalue weighted by atomic mass is 35.5. The second-order valence-electron chi connectivity index (χ2n) is 11.6. The van der Waals surface area contributed by atoms with Crippen molar-refractivity contribution in [2.45, 2.75) is 44.3 Å². The molecule has 2 aromatic carbocycles. The number of nitrogens with zero attached hydrogens (tertiary/aromatic N) is 7. The quantitative estimate of drug-likeness (QED) is 0.259. The van der Waals surface area contributed by atoms with Crippen LogP contribution in [-0.2, 0) is 0 Å². The number of anilines is 1. The average Bonchev–Trinajstić information content (AvgIpc) is 3.58. The van der Waals surface area contributed by atoms with E-state index < -0.39 is 5.82 Å². The molecule has 0 unspecified atom stereocenters. The van der Waals surface area contributed by atoms with E-state index in [1.165, 1.54) is 0 Å². The van der Waals surface area contributed by atoms with E-state index in [-0.39, 0.29) is 28.2 Å². The molecule has 2 fully saturated rings. The third-order valence-electron chi connectivity index (χ3n) is 8.94. The Balaban J connectivity index is 1.48. The third-order valence-corrected chi connectivity index (χ3v) is 9.63. The SMILES string of the molecule is Cc1c(Cl)cc2[nH]ncc2c1-c1c(Cl)cc2c(nc(N3CC(N(C)C)C3)c3cnn([C@H]4CCN[C@H](CC#N)C4)c32)c1F. The lowest BCUT2D eigenvalue weighted by Gasteiger charge is -2.43. The summed E-state index contributed by atoms with van der Waals surface area (Å²) in [4.78, 5) is 9.36. The molecule has 0 amide bonds. The lowest BCUT2D eigenvalue weighted by Crippen LogP contribution is -2.57. The van der Waals surface area contributed by atoms with Gasteiger partial charge in [-0.25, -0.2) is 9.37 Å². The Morgan fingerprint density at radius 1 is 1.12 bits per heavy atom. The van der Waals surface area contributed by atoms with E-state index in [0.29, 0.717) is 45.3 Å². The normalized spacial score (nSPS) is 19.7. The zero-order chi connectivity index (χ0) is 29.3. The fraction of sp³-hybridized carbons (Fsp3) is 0.400. The van der Waals surface area contributed by atoms with Crippen LogP contribution in [0.25, 0.3) is 43.8 Å². The average molecular weight is 607 g/mol. The number of nitriles is 1. The predicted octanol–water partition coefficient (Wildman–Crippen LogP) is 5.84. The van der Waals surface area contributed by atoms with E-state index >= 15 is 4.39 Å². The van der Waals surface area contributed by atoms with E-state index in [1.807, 2.05) is 23.9 Å². The number of fused-ring (bicyclic) bond motifs is 4. The van der Waals surface area contributed by atoms with Gasteiger partial charge in [-0.1, -0.05) is 23.2 Å². The third kappa shape index (κ3) is 4.21. The maximum absolute atomic E-state index is 17.0. The van der Waals surface area contributed by atoms with Crippen LogP contribution in [-0.4, -0.2) is 75.7 Å². The van der Waals surface area contributed by atoms with Crippen LogP contribution in [0.5, 0.6) is 0 Å². The number of rotatable bonds is 5. The van der Waals surface area contributed by atoms with Crippen LogP contribution in [0.4, 0.5) is 10.2 Å². The molecule has 2 N–H and O–H groups in total. The van der Waals surface area contributed by atoms with E-state index in [1.54, 1.807) is 12.3 Å². The van der Waals surface area contributed by atoms with Gasteiger partial charge in [0.1, 0.15) is 11.3 Å². The van der Waals surface area contributed by atoms with Gasteiger partial charge in [-0.05, 0) is 58.1 Å². The largest absolute Gasteiger partial charge is 0.353 e. The minimum Gasteiger partial charge on any atom is -0.353 e. The molecule has 2 saturated heterocycles. The number of benzene rings is 2. The number of halogens is 3. The molecule has 3 aromatic heterocycles. The van der Waals surface area contributed by atoms with Crippen molar-refractivity contribution in [2.24, 2.45) is 0 Å². The first kappa shape index (κ1) is 27.3. The summed E-state index contributed by atoms with van der Waals surface area (Å²) in [6.45, 7) is 4.21. The fourth-order valence-corrected chi connectivity index (χ4v) is 7.01. The zero-order valence-corrected chi connectivity index (χ0v) is 25.1. The van der Waals surface area contributed by atoms with Gasteiger partial charge in [-0.3, -0.25) is 9.78 Å². The Morgan fingerprint density at radius 3 is 2.69 bits per heavy atom. The van der Waals surface area contributed by atoms with Gasteiger partial charge in [0.25, 0.3) is 0 Å². The van der Waals surface area contributed by atoms with Crippen molar-refractivity contribution < 1.29 is 4.39 Å². The summed E-state index contributed by atoms with van der Waals surface area (Å²) in [6.07, 6.45) is 5.54. The standard InChI is InChI=1S/C30H30Cl2FN9/c1-15-22(31)10-24-20(11-36-39-24)25(15)26-23(32)9-19-28(27(26)33)38-30(41-13-18(14-41)40(2)3)21-12-37-42(29(19)21)17-5-7-35-16(8-17)4-6-34/h9-12,16-18,35H,4-5,7-8,13-14H2,1-3H3,(H,36,39)/t16-,17+/m1/s1. The molecule has 0 spiro atoms. The van der Waals surface area contributed by atoms with Crippen molar-refractivity contribution in [3.8, 4) is 17.2 Å². The van der Waals surface area contributed by atoms with Gasteiger partial charge in [-0.2, -0.15) is 15.5 Å². The second kappa shape index (κ2) is 10.3. The summed E-state index contributed by atoms with van der Waals surface area (Å²) in [6, 6.07) is 6.40. The van der Waals surface area contributed by atoms with Crippen molar-refractivity contribution in [1.82, 2.24) is 35.2 Å². The van der Waals surface area contributed by atoms with E-state index in [4.69, 9.17) is 33.3 Å². The highest BCUT2D eigenvalue weighted by Gasteiger charge is 2.34. The Labute approximate surface area is 252 Å². The first-order chi connectivity index (χ1) is 20.3. The molecule has 5 heterocycles. The summed E-state index contributed by atoms with van der Waals surface area (Å²) in [5.41, 5.74) is 3.32. The molecule has 7 rings (SSSR count). The fourth-order valence-electron chi connectivity index (χ4n) is 6.52. The molecule has 12 heteroatoms. The zero-order valence-electron chi connectivity index (χ0n) is 23.5. The number of aromatic nitrogens is 5. The molecule has 2 atom stereocenters. The van der Waals surface area contributed by atoms with Crippen molar-refractivity contribution >= 4 is 61.7 Å². The summed E-state index contributed by atoms with van der Waals surface area (Å²) < 4.78 is 19.0. The molecule has 0 saturated carbocycles. The first-order valence-electron chi connectivity index (χ1n) is 14.1. The van der Waals surface area contributed by atoms with Crippen LogP contribution < -0.4 is 10.2 Å². The summed E-state index contributed by atoms with van der Waals surface area (Å²) in [7, 11) is 4.13. The number of likely N-dealkylation sites (N-methyl/N-ethyl adjacent to an activating group) is 1. The molecular formula is C30H30Cl2FN9. The second-order valence-corrected chi connectivity index (χ2v) is 12.4. The number of pyridine rings is 1. The summed E-state index contributed by atoms with van der Waals surface area (Å²) in [5.74, 6) is 0.214. The molecule has 9 nitrogen and oxygen atoms in total. The minimum atomic E-state index is -0.501. The van der Waals surface area contributed by atoms with E-state index in [2.05, 4.69) is 45.5 Å². The molecule has 0 aliphatic carbocycles. The summed E-state index contributed by atoms with van der Waals surface area (Å²) in [5, 5.41) is 27.7. The Morgan fingerprint density at radius 2 is 1.93 bits per heavy atom. The highest BCUT2D eigenvalue weighted by Crippen LogP contribution is 2.45. The lowest BCUT2D eigenvalue weighted by atomic mass is 9.94.